The molecule has 0 aromatic heterocycles. The summed E-state index contributed by atoms with van der Waals surface area (Å²) in [4.78, 5) is 11.4. The lowest BCUT2D eigenvalue weighted by Gasteiger charge is -2.20. The lowest BCUT2D eigenvalue weighted by Crippen LogP contribution is -2.24. The van der Waals surface area contributed by atoms with Crippen LogP contribution in [0.2, 0.25) is 0 Å². The fraction of sp³-hybridized carbons (Fsp3) is 0.381. The van der Waals surface area contributed by atoms with Gasteiger partial charge in [0.2, 0.25) is 0 Å². The molecule has 27 heavy (non-hydrogen) atoms. The number of rotatable bonds is 9. The van der Waals surface area contributed by atoms with Gasteiger partial charge in [0.1, 0.15) is 11.9 Å². The van der Waals surface area contributed by atoms with Gasteiger partial charge in [-0.3, -0.25) is 4.79 Å². The van der Waals surface area contributed by atoms with Crippen molar-refractivity contribution in [2.45, 2.75) is 51.2 Å². The van der Waals surface area contributed by atoms with Crippen LogP contribution in [0.5, 0.6) is 17.2 Å². The molecular weight excluding hydrogens is 348 g/mol. The van der Waals surface area contributed by atoms with Crippen LogP contribution in [-0.2, 0) is 22.4 Å². The molecule has 0 aliphatic heterocycles. The third-order valence-corrected chi connectivity index (χ3v) is 4.36. The third kappa shape index (κ3) is 7.19. The predicted octanol–water partition coefficient (Wildman–Crippen LogP) is 3.05. The average molecular weight is 374 g/mol. The fourth-order valence-electron chi connectivity index (χ4n) is 2.93. The van der Waals surface area contributed by atoms with Crippen molar-refractivity contribution in [2.24, 2.45) is 0 Å². The highest BCUT2D eigenvalue weighted by Gasteiger charge is 2.18. The van der Waals surface area contributed by atoms with E-state index in [1.807, 2.05) is 12.1 Å². The molecule has 2 atom stereocenters. The Morgan fingerprint density at radius 2 is 1.56 bits per heavy atom. The molecule has 0 aliphatic rings. The van der Waals surface area contributed by atoms with E-state index in [0.29, 0.717) is 32.1 Å². The largest absolute Gasteiger partial charge is 0.508 e. The number of hydrogen-bond acceptors (Lipinski definition) is 6. The van der Waals surface area contributed by atoms with E-state index in [0.717, 1.165) is 11.1 Å². The summed E-state index contributed by atoms with van der Waals surface area (Å²) in [5.41, 5.74) is 1.82. The van der Waals surface area contributed by atoms with Gasteiger partial charge in [-0.1, -0.05) is 18.2 Å². The number of aromatic hydroxyl groups is 3. The second kappa shape index (κ2) is 9.83. The minimum atomic E-state index is -0.662. The molecule has 6 nitrogen and oxygen atoms in total. The first kappa shape index (κ1) is 20.6. The van der Waals surface area contributed by atoms with Crippen molar-refractivity contribution < 1.29 is 30.0 Å². The highest BCUT2D eigenvalue weighted by molar-refractivity contribution is 5.66. The van der Waals surface area contributed by atoms with Crippen LogP contribution in [0.4, 0.5) is 0 Å². The van der Waals surface area contributed by atoms with E-state index in [2.05, 4.69) is 0 Å². The Morgan fingerprint density at radius 1 is 0.926 bits per heavy atom. The van der Waals surface area contributed by atoms with Crippen LogP contribution in [0, 0.1) is 0 Å². The van der Waals surface area contributed by atoms with Crippen LogP contribution < -0.4 is 0 Å². The zero-order valence-corrected chi connectivity index (χ0v) is 15.3. The van der Waals surface area contributed by atoms with Gasteiger partial charge in [-0.05, 0) is 61.1 Å². The van der Waals surface area contributed by atoms with Crippen LogP contribution in [0.3, 0.4) is 0 Å². The number of aliphatic hydroxyl groups excluding tert-OH is 1. The summed E-state index contributed by atoms with van der Waals surface area (Å²) in [5, 5.41) is 38.5. The number of phenols is 3. The van der Waals surface area contributed by atoms with Gasteiger partial charge in [-0.15, -0.1) is 0 Å². The molecule has 0 fully saturated rings. The Hall–Kier alpha value is -2.73. The molecule has 6 heteroatoms. The van der Waals surface area contributed by atoms with Crippen molar-refractivity contribution in [3.05, 3.63) is 53.6 Å². The minimum absolute atomic E-state index is 0.177. The standard InChI is InChI=1S/C21H26O6/c1-14(22)27-19(10-5-15-2-7-17(23)8-3-15)13-18(24)9-4-16-6-11-20(25)21(26)12-16/h2-3,6-8,11-12,18-19,23-26H,4-5,9-10,13H2,1H3. The number of ether oxygens (including phenoxy) is 1. The van der Waals surface area contributed by atoms with Gasteiger partial charge in [0.05, 0.1) is 6.10 Å². The molecule has 4 N–H and O–H groups in total. The molecule has 2 aromatic rings. The zero-order chi connectivity index (χ0) is 19.8. The normalized spacial score (nSPS) is 13.1. The summed E-state index contributed by atoms with van der Waals surface area (Å²) in [6, 6.07) is 11.4. The topological polar surface area (TPSA) is 107 Å². The van der Waals surface area contributed by atoms with Gasteiger partial charge in [0, 0.05) is 13.3 Å². The summed E-state index contributed by atoms with van der Waals surface area (Å²) >= 11 is 0. The van der Waals surface area contributed by atoms with Crippen molar-refractivity contribution >= 4 is 5.97 Å². The Balaban J connectivity index is 1.86. The van der Waals surface area contributed by atoms with E-state index in [1.54, 1.807) is 18.2 Å². The van der Waals surface area contributed by atoms with Crippen LogP contribution in [0.1, 0.15) is 37.3 Å². The first-order valence-corrected chi connectivity index (χ1v) is 8.97. The number of carbonyl (C=O) groups excluding carboxylic acids is 1. The van der Waals surface area contributed by atoms with Crippen molar-refractivity contribution in [1.29, 1.82) is 0 Å². The monoisotopic (exact) mass is 374 g/mol. The van der Waals surface area contributed by atoms with Gasteiger partial charge in [0.25, 0.3) is 0 Å². The molecule has 146 valence electrons. The Bertz CT molecular complexity index is 741. The molecule has 0 saturated carbocycles. The average Bonchev–Trinajstić information content (AvgIpc) is 2.61. The van der Waals surface area contributed by atoms with Crippen molar-refractivity contribution in [2.75, 3.05) is 0 Å². The van der Waals surface area contributed by atoms with E-state index in [1.165, 1.54) is 19.1 Å². The van der Waals surface area contributed by atoms with E-state index < -0.39 is 12.2 Å². The van der Waals surface area contributed by atoms with Crippen molar-refractivity contribution in [1.82, 2.24) is 0 Å². The molecule has 0 aliphatic carbocycles. The third-order valence-electron chi connectivity index (χ3n) is 4.36. The molecule has 0 bridgehead atoms. The number of benzene rings is 2. The first-order chi connectivity index (χ1) is 12.8. The van der Waals surface area contributed by atoms with Gasteiger partial charge in [-0.25, -0.2) is 0 Å². The van der Waals surface area contributed by atoms with E-state index >= 15 is 0 Å². The molecule has 0 saturated heterocycles. The highest BCUT2D eigenvalue weighted by atomic mass is 16.5. The predicted molar refractivity (Wildman–Crippen MR) is 101 cm³/mol. The van der Waals surface area contributed by atoms with Crippen molar-refractivity contribution in [3.63, 3.8) is 0 Å². The summed E-state index contributed by atoms with van der Waals surface area (Å²) in [7, 11) is 0. The zero-order valence-electron chi connectivity index (χ0n) is 15.3. The van der Waals surface area contributed by atoms with Crippen molar-refractivity contribution in [3.8, 4) is 17.2 Å². The highest BCUT2D eigenvalue weighted by Crippen LogP contribution is 2.26. The summed E-state index contributed by atoms with van der Waals surface area (Å²) in [6.45, 7) is 1.35. The van der Waals surface area contributed by atoms with E-state index in [4.69, 9.17) is 4.74 Å². The van der Waals surface area contributed by atoms with Gasteiger partial charge >= 0.3 is 5.97 Å². The maximum atomic E-state index is 11.4. The molecule has 0 radical (unpaired) electrons. The molecule has 0 amide bonds. The minimum Gasteiger partial charge on any atom is -0.508 e. The van der Waals surface area contributed by atoms with Crippen LogP contribution in [-0.4, -0.2) is 38.6 Å². The Labute approximate surface area is 158 Å². The summed E-state index contributed by atoms with van der Waals surface area (Å²) < 4.78 is 5.33. The lowest BCUT2D eigenvalue weighted by molar-refractivity contribution is -0.148. The lowest BCUT2D eigenvalue weighted by atomic mass is 9.98. The quantitative estimate of drug-likeness (QED) is 0.397. The first-order valence-electron chi connectivity index (χ1n) is 8.97. The SMILES string of the molecule is CC(=O)OC(CCc1ccc(O)cc1)CC(O)CCc1ccc(O)c(O)c1. The fourth-order valence-corrected chi connectivity index (χ4v) is 2.93. The second-order valence-electron chi connectivity index (χ2n) is 6.69. The Morgan fingerprint density at radius 3 is 2.19 bits per heavy atom. The molecule has 2 unspecified atom stereocenters. The number of hydrogen-bond donors (Lipinski definition) is 4. The maximum Gasteiger partial charge on any atom is 0.302 e. The summed E-state index contributed by atoms with van der Waals surface area (Å²) in [6.07, 6.45) is 1.46. The van der Waals surface area contributed by atoms with Crippen LogP contribution in [0.15, 0.2) is 42.5 Å². The molecule has 0 spiro atoms. The second-order valence-corrected chi connectivity index (χ2v) is 6.69. The summed E-state index contributed by atoms with van der Waals surface area (Å²) in [5.74, 6) is -0.551. The maximum absolute atomic E-state index is 11.4. The number of phenolic OH excluding ortho intramolecular Hbond substituents is 3. The van der Waals surface area contributed by atoms with Crippen LogP contribution >= 0.6 is 0 Å². The van der Waals surface area contributed by atoms with E-state index in [9.17, 15) is 25.2 Å². The number of carbonyl (C=O) groups is 1. The van der Waals surface area contributed by atoms with Gasteiger partial charge < -0.3 is 25.2 Å². The number of aliphatic hydroxyl groups is 1. The van der Waals surface area contributed by atoms with E-state index in [-0.39, 0.29) is 23.2 Å². The number of aryl methyl sites for hydroxylation is 2. The molecule has 0 heterocycles. The van der Waals surface area contributed by atoms with Gasteiger partial charge in [0.15, 0.2) is 11.5 Å². The molecular formula is C21H26O6. The van der Waals surface area contributed by atoms with Gasteiger partial charge in [-0.2, -0.15) is 0 Å². The van der Waals surface area contributed by atoms with Crippen LogP contribution in [0.25, 0.3) is 0 Å². The molecule has 2 rings (SSSR count). The smallest absolute Gasteiger partial charge is 0.302 e. The number of esters is 1. The molecule has 2 aromatic carbocycles. The Kier molecular flexibility index (Phi) is 7.49.